The van der Waals surface area contributed by atoms with Crippen LogP contribution in [-0.4, -0.2) is 38.7 Å². The molecule has 1 amide bonds. The van der Waals surface area contributed by atoms with Crippen LogP contribution in [-0.2, 0) is 19.4 Å². The second kappa shape index (κ2) is 8.51. The second-order valence-corrected chi connectivity index (χ2v) is 9.43. The highest BCUT2D eigenvalue weighted by atomic mass is 32.1. The number of hydrogen-bond acceptors (Lipinski definition) is 5. The molecule has 0 unspecified atom stereocenters. The summed E-state index contributed by atoms with van der Waals surface area (Å²) < 4.78 is 15.1. The van der Waals surface area contributed by atoms with Crippen molar-refractivity contribution in [3.05, 3.63) is 58.1 Å². The van der Waals surface area contributed by atoms with Gasteiger partial charge in [0, 0.05) is 23.2 Å². The highest BCUT2D eigenvalue weighted by Gasteiger charge is 2.27. The molecule has 0 atom stereocenters. The first-order chi connectivity index (χ1) is 15.1. The molecule has 1 aliphatic heterocycles. The van der Waals surface area contributed by atoms with Gasteiger partial charge in [-0.05, 0) is 75.4 Å². The number of rotatable bonds is 5. The van der Waals surface area contributed by atoms with Crippen molar-refractivity contribution in [2.75, 3.05) is 18.4 Å². The molecule has 0 spiro atoms. The molecule has 0 saturated carbocycles. The van der Waals surface area contributed by atoms with Crippen LogP contribution in [0.15, 0.2) is 29.6 Å². The molecule has 1 saturated heterocycles. The minimum absolute atomic E-state index is 0.230. The van der Waals surface area contributed by atoms with Crippen molar-refractivity contribution in [2.24, 2.45) is 5.92 Å². The van der Waals surface area contributed by atoms with Crippen LogP contribution in [0, 0.1) is 11.7 Å². The molecule has 2 aromatic heterocycles. The number of likely N-dealkylation sites (tertiary alicyclic amines) is 1. The lowest BCUT2D eigenvalue weighted by atomic mass is 9.99. The van der Waals surface area contributed by atoms with E-state index in [1.165, 1.54) is 36.3 Å². The summed E-state index contributed by atoms with van der Waals surface area (Å²) in [5.74, 6) is 0.286. The second-order valence-electron chi connectivity index (χ2n) is 8.57. The summed E-state index contributed by atoms with van der Waals surface area (Å²) in [7, 11) is 0. The summed E-state index contributed by atoms with van der Waals surface area (Å²) >= 11 is 1.45. The van der Waals surface area contributed by atoms with Crippen molar-refractivity contribution in [1.82, 2.24) is 19.7 Å². The Morgan fingerprint density at radius 2 is 2.00 bits per heavy atom. The molecule has 1 aromatic carbocycles. The van der Waals surface area contributed by atoms with Gasteiger partial charge < -0.3 is 0 Å². The SMILES string of the molecule is CC1CCN(Cc2csc(NC(=O)c3nn(-c4ccc(F)cc4)c4c3CCC4)n2)CC1. The number of fused-ring (bicyclic) bond motifs is 1. The Morgan fingerprint density at radius 1 is 1.23 bits per heavy atom. The van der Waals surface area contributed by atoms with Gasteiger partial charge in [0.1, 0.15) is 5.82 Å². The molecule has 8 heteroatoms. The number of piperidine rings is 1. The van der Waals surface area contributed by atoms with Gasteiger partial charge in [0.2, 0.25) is 0 Å². The van der Waals surface area contributed by atoms with Crippen LogP contribution >= 0.6 is 11.3 Å². The number of benzene rings is 1. The number of nitrogens with one attached hydrogen (secondary N) is 1. The lowest BCUT2D eigenvalue weighted by Gasteiger charge is -2.29. The molecule has 3 heterocycles. The van der Waals surface area contributed by atoms with Gasteiger partial charge in [-0.25, -0.2) is 14.1 Å². The maximum absolute atomic E-state index is 13.3. The van der Waals surface area contributed by atoms with Crippen LogP contribution in [0.25, 0.3) is 5.69 Å². The van der Waals surface area contributed by atoms with E-state index in [0.717, 1.165) is 67.5 Å². The average Bonchev–Trinajstić information content (AvgIpc) is 3.47. The fourth-order valence-electron chi connectivity index (χ4n) is 4.46. The smallest absolute Gasteiger partial charge is 0.278 e. The number of hydrogen-bond donors (Lipinski definition) is 1. The average molecular weight is 440 g/mol. The third-order valence-corrected chi connectivity index (χ3v) is 7.06. The van der Waals surface area contributed by atoms with E-state index >= 15 is 0 Å². The summed E-state index contributed by atoms with van der Waals surface area (Å²) in [4.78, 5) is 20.1. The van der Waals surface area contributed by atoms with Crippen molar-refractivity contribution < 1.29 is 9.18 Å². The fourth-order valence-corrected chi connectivity index (χ4v) is 5.15. The summed E-state index contributed by atoms with van der Waals surface area (Å²) in [6.45, 7) is 5.34. The number of carbonyl (C=O) groups is 1. The molecule has 6 nitrogen and oxygen atoms in total. The van der Waals surface area contributed by atoms with Crippen molar-refractivity contribution in [1.29, 1.82) is 0 Å². The van der Waals surface area contributed by atoms with Crippen LogP contribution in [0.1, 0.15) is 53.6 Å². The Hall–Kier alpha value is -2.58. The van der Waals surface area contributed by atoms with E-state index in [-0.39, 0.29) is 11.7 Å². The summed E-state index contributed by atoms with van der Waals surface area (Å²) in [6, 6.07) is 6.21. The number of anilines is 1. The first kappa shape index (κ1) is 20.3. The molecule has 31 heavy (non-hydrogen) atoms. The van der Waals surface area contributed by atoms with E-state index in [4.69, 9.17) is 0 Å². The maximum Gasteiger partial charge on any atom is 0.278 e. The molecule has 0 radical (unpaired) electrons. The van der Waals surface area contributed by atoms with E-state index in [9.17, 15) is 9.18 Å². The van der Waals surface area contributed by atoms with Crippen LogP contribution in [0.5, 0.6) is 0 Å². The number of halogens is 1. The zero-order chi connectivity index (χ0) is 21.4. The molecule has 1 aliphatic carbocycles. The molecule has 1 fully saturated rings. The quantitative estimate of drug-likeness (QED) is 0.638. The predicted molar refractivity (Wildman–Crippen MR) is 119 cm³/mol. The number of carbonyl (C=O) groups excluding carboxylic acids is 1. The first-order valence-electron chi connectivity index (χ1n) is 10.9. The van der Waals surface area contributed by atoms with Gasteiger partial charge in [-0.1, -0.05) is 6.92 Å². The van der Waals surface area contributed by atoms with Crippen LogP contribution in [0.4, 0.5) is 9.52 Å². The minimum atomic E-state index is -0.288. The maximum atomic E-state index is 13.3. The number of aromatic nitrogens is 3. The Balaban J connectivity index is 1.31. The summed E-state index contributed by atoms with van der Waals surface area (Å²) in [5, 5.41) is 10.2. The Kier molecular flexibility index (Phi) is 5.58. The lowest BCUT2D eigenvalue weighted by molar-refractivity contribution is 0.102. The van der Waals surface area contributed by atoms with E-state index in [1.54, 1.807) is 16.8 Å². The van der Waals surface area contributed by atoms with Gasteiger partial charge in [0.25, 0.3) is 5.91 Å². The van der Waals surface area contributed by atoms with E-state index in [2.05, 4.69) is 27.2 Å². The summed E-state index contributed by atoms with van der Waals surface area (Å²) in [6.07, 6.45) is 5.15. The van der Waals surface area contributed by atoms with Gasteiger partial charge in [-0.2, -0.15) is 5.10 Å². The fraction of sp³-hybridized carbons (Fsp3) is 0.435. The normalized spacial score (nSPS) is 17.1. The molecule has 2 aliphatic rings. The van der Waals surface area contributed by atoms with Crippen molar-refractivity contribution in [2.45, 2.75) is 45.6 Å². The zero-order valence-electron chi connectivity index (χ0n) is 17.6. The van der Waals surface area contributed by atoms with E-state index < -0.39 is 0 Å². The molecule has 3 aromatic rings. The van der Waals surface area contributed by atoms with Gasteiger partial charge in [-0.3, -0.25) is 15.0 Å². The molecular formula is C23H26FN5OS. The lowest BCUT2D eigenvalue weighted by Crippen LogP contribution is -2.32. The van der Waals surface area contributed by atoms with Crippen LogP contribution in [0.3, 0.4) is 0 Å². The van der Waals surface area contributed by atoms with Crippen molar-refractivity contribution in [3.63, 3.8) is 0 Å². The van der Waals surface area contributed by atoms with E-state index in [0.29, 0.717) is 10.8 Å². The monoisotopic (exact) mass is 439 g/mol. The van der Waals surface area contributed by atoms with Crippen LogP contribution < -0.4 is 5.32 Å². The molecular weight excluding hydrogens is 413 g/mol. The molecule has 0 bridgehead atoms. The van der Waals surface area contributed by atoms with Crippen LogP contribution in [0.2, 0.25) is 0 Å². The third-order valence-electron chi connectivity index (χ3n) is 6.25. The standard InChI is InChI=1S/C23H26FN5OS/c1-15-9-11-28(12-10-15)13-17-14-31-23(25-17)26-22(30)21-19-3-2-4-20(19)29(27-21)18-7-5-16(24)6-8-18/h5-8,14-15H,2-4,9-13H2,1H3,(H,25,26,30). The minimum Gasteiger partial charge on any atom is -0.297 e. The van der Waals surface area contributed by atoms with Crippen molar-refractivity contribution >= 4 is 22.4 Å². The highest BCUT2D eigenvalue weighted by Crippen LogP contribution is 2.29. The topological polar surface area (TPSA) is 63.1 Å². The van der Waals surface area contributed by atoms with Gasteiger partial charge in [0.05, 0.1) is 11.4 Å². The predicted octanol–water partition coefficient (Wildman–Crippen LogP) is 4.44. The Labute approximate surface area is 185 Å². The van der Waals surface area contributed by atoms with Gasteiger partial charge in [-0.15, -0.1) is 11.3 Å². The molecule has 1 N–H and O–H groups in total. The number of nitrogens with zero attached hydrogens (tertiary/aromatic N) is 4. The third kappa shape index (κ3) is 4.27. The highest BCUT2D eigenvalue weighted by molar-refractivity contribution is 7.13. The Bertz CT molecular complexity index is 1080. The molecule has 5 rings (SSSR count). The van der Waals surface area contributed by atoms with Gasteiger partial charge in [0.15, 0.2) is 10.8 Å². The number of amides is 1. The largest absolute Gasteiger partial charge is 0.297 e. The van der Waals surface area contributed by atoms with E-state index in [1.807, 2.05) is 5.38 Å². The van der Waals surface area contributed by atoms with Gasteiger partial charge >= 0.3 is 0 Å². The zero-order valence-corrected chi connectivity index (χ0v) is 18.4. The molecule has 162 valence electrons. The Morgan fingerprint density at radius 3 is 2.77 bits per heavy atom. The summed E-state index contributed by atoms with van der Waals surface area (Å²) in [5.41, 5.74) is 4.23. The van der Waals surface area contributed by atoms with Crippen molar-refractivity contribution in [3.8, 4) is 5.69 Å². The first-order valence-corrected chi connectivity index (χ1v) is 11.8. The number of thiazole rings is 1.